The molecule has 0 aromatic rings. The summed E-state index contributed by atoms with van der Waals surface area (Å²) < 4.78 is 11.4. The van der Waals surface area contributed by atoms with Crippen LogP contribution >= 0.6 is 24.0 Å². The highest BCUT2D eigenvalue weighted by Crippen LogP contribution is 2.19. The zero-order chi connectivity index (χ0) is 10.2. The minimum absolute atomic E-state index is 0.159. The fourth-order valence-corrected chi connectivity index (χ4v) is 2.10. The van der Waals surface area contributed by atoms with Crippen LogP contribution in [0.5, 0.6) is 0 Å². The first-order chi connectivity index (χ1) is 6.83. The maximum Gasteiger partial charge on any atom is 0.220 e. The van der Waals surface area contributed by atoms with E-state index in [1.165, 1.54) is 6.42 Å². The van der Waals surface area contributed by atoms with Gasteiger partial charge in [-0.1, -0.05) is 37.3 Å². The van der Waals surface area contributed by atoms with Gasteiger partial charge in [0.25, 0.3) is 0 Å². The minimum Gasteiger partial charge on any atom is -0.472 e. The highest BCUT2D eigenvalue weighted by atomic mass is 32.2. The molecule has 0 radical (unpaired) electrons. The van der Waals surface area contributed by atoms with Crippen molar-refractivity contribution >= 4 is 28.4 Å². The third kappa shape index (κ3) is 4.98. The maximum atomic E-state index is 5.43. The van der Waals surface area contributed by atoms with Crippen molar-refractivity contribution in [1.29, 1.82) is 0 Å². The first kappa shape index (κ1) is 12.0. The Morgan fingerprint density at radius 1 is 1.64 bits per heavy atom. The lowest BCUT2D eigenvalue weighted by atomic mass is 10.3. The van der Waals surface area contributed by atoms with Gasteiger partial charge in [0, 0.05) is 5.75 Å². The maximum absolute atomic E-state index is 5.43. The van der Waals surface area contributed by atoms with Gasteiger partial charge in [-0.2, -0.15) is 0 Å². The molecule has 14 heavy (non-hydrogen) atoms. The topological polar surface area (TPSA) is 18.5 Å². The molecule has 0 aromatic carbocycles. The van der Waals surface area contributed by atoms with Gasteiger partial charge in [0.2, 0.25) is 4.38 Å². The molecule has 80 valence electrons. The Morgan fingerprint density at radius 2 is 2.50 bits per heavy atom. The fraction of sp³-hybridized carbons (Fsp3) is 0.700. The van der Waals surface area contributed by atoms with E-state index >= 15 is 0 Å². The van der Waals surface area contributed by atoms with Gasteiger partial charge in [-0.15, -0.1) is 0 Å². The average molecular weight is 232 g/mol. The van der Waals surface area contributed by atoms with Crippen molar-refractivity contribution in [2.45, 2.75) is 25.9 Å². The van der Waals surface area contributed by atoms with Crippen LogP contribution in [0.15, 0.2) is 12.2 Å². The van der Waals surface area contributed by atoms with E-state index in [-0.39, 0.29) is 6.10 Å². The predicted molar refractivity (Wildman–Crippen MR) is 64.8 cm³/mol. The van der Waals surface area contributed by atoms with Gasteiger partial charge >= 0.3 is 0 Å². The molecule has 0 aliphatic carbocycles. The standard InChI is InChI=1S/C10H16O2S2/c1-2-3-4-5-6-11-7-9-8-14-10(13)12-9/h4-5,9H,2-3,6-8H2,1H3/b5-4+. The summed E-state index contributed by atoms with van der Waals surface area (Å²) in [6.45, 7) is 3.48. The zero-order valence-electron chi connectivity index (χ0n) is 8.40. The summed E-state index contributed by atoms with van der Waals surface area (Å²) in [7, 11) is 0. The Morgan fingerprint density at radius 3 is 3.14 bits per heavy atom. The van der Waals surface area contributed by atoms with E-state index in [2.05, 4.69) is 19.1 Å². The Labute approximate surface area is 95.0 Å². The predicted octanol–water partition coefficient (Wildman–Crippen LogP) is 2.78. The van der Waals surface area contributed by atoms with E-state index in [9.17, 15) is 0 Å². The molecule has 1 aliphatic heterocycles. The van der Waals surface area contributed by atoms with Gasteiger partial charge < -0.3 is 9.47 Å². The minimum atomic E-state index is 0.159. The number of unbranched alkanes of at least 4 members (excludes halogenated alkanes) is 1. The van der Waals surface area contributed by atoms with Gasteiger partial charge in [0.1, 0.15) is 6.10 Å². The average Bonchev–Trinajstić information content (AvgIpc) is 2.58. The second-order valence-corrected chi connectivity index (χ2v) is 4.72. The van der Waals surface area contributed by atoms with Gasteiger partial charge in [0.05, 0.1) is 13.2 Å². The number of thioether (sulfide) groups is 1. The number of thiocarbonyl (C=S) groups is 1. The molecule has 0 saturated carbocycles. The molecule has 1 fully saturated rings. The van der Waals surface area contributed by atoms with Crippen LogP contribution in [-0.4, -0.2) is 29.5 Å². The molecule has 0 amide bonds. The second kappa shape index (κ2) is 7.26. The molecule has 2 nitrogen and oxygen atoms in total. The van der Waals surface area contributed by atoms with E-state index in [0.29, 0.717) is 17.6 Å². The van der Waals surface area contributed by atoms with Crippen LogP contribution in [0.4, 0.5) is 0 Å². The lowest BCUT2D eigenvalue weighted by Gasteiger charge is -2.07. The fourth-order valence-electron chi connectivity index (χ4n) is 1.07. The van der Waals surface area contributed by atoms with Gasteiger partial charge in [-0.25, -0.2) is 0 Å². The van der Waals surface area contributed by atoms with Crippen LogP contribution in [0.25, 0.3) is 0 Å². The van der Waals surface area contributed by atoms with Crippen LogP contribution in [0.2, 0.25) is 0 Å². The first-order valence-corrected chi connectivity index (χ1v) is 6.28. The molecule has 4 heteroatoms. The third-order valence-corrected chi connectivity index (χ3v) is 3.11. The Balaban J connectivity index is 1.96. The third-order valence-electron chi connectivity index (χ3n) is 1.79. The number of hydrogen-bond donors (Lipinski definition) is 0. The Hall–Kier alpha value is -0.0600. The smallest absolute Gasteiger partial charge is 0.220 e. The van der Waals surface area contributed by atoms with Gasteiger partial charge in [-0.05, 0) is 18.6 Å². The van der Waals surface area contributed by atoms with E-state index < -0.39 is 0 Å². The summed E-state index contributed by atoms with van der Waals surface area (Å²) in [6, 6.07) is 0. The van der Waals surface area contributed by atoms with E-state index in [4.69, 9.17) is 21.7 Å². The summed E-state index contributed by atoms with van der Waals surface area (Å²) in [5.41, 5.74) is 0. The molecule has 0 aromatic heterocycles. The molecule has 1 heterocycles. The van der Waals surface area contributed by atoms with Gasteiger partial charge in [0.15, 0.2) is 0 Å². The molecule has 0 bridgehead atoms. The summed E-state index contributed by atoms with van der Waals surface area (Å²) >= 11 is 6.49. The number of hydrogen-bond acceptors (Lipinski definition) is 4. The molecule has 1 aliphatic rings. The summed E-state index contributed by atoms with van der Waals surface area (Å²) in [5.74, 6) is 0.928. The van der Waals surface area contributed by atoms with Crippen molar-refractivity contribution in [3.8, 4) is 0 Å². The number of allylic oxidation sites excluding steroid dienone is 1. The number of rotatable bonds is 6. The SMILES string of the molecule is CCC/C=C/COCC1CSC(=S)O1. The molecule has 0 N–H and O–H groups in total. The molecule has 1 rings (SSSR count). The van der Waals surface area contributed by atoms with Crippen molar-refractivity contribution in [2.24, 2.45) is 0 Å². The van der Waals surface area contributed by atoms with Crippen molar-refractivity contribution in [2.75, 3.05) is 19.0 Å². The van der Waals surface area contributed by atoms with Crippen LogP contribution in [0.3, 0.4) is 0 Å². The van der Waals surface area contributed by atoms with Crippen molar-refractivity contribution in [1.82, 2.24) is 0 Å². The highest BCUT2D eigenvalue weighted by Gasteiger charge is 2.20. The normalized spacial score (nSPS) is 21.8. The van der Waals surface area contributed by atoms with Crippen LogP contribution in [0.1, 0.15) is 19.8 Å². The van der Waals surface area contributed by atoms with Gasteiger partial charge in [-0.3, -0.25) is 0 Å². The largest absolute Gasteiger partial charge is 0.472 e. The zero-order valence-corrected chi connectivity index (χ0v) is 10.0. The first-order valence-electron chi connectivity index (χ1n) is 4.89. The number of ether oxygens (including phenoxy) is 2. The summed E-state index contributed by atoms with van der Waals surface area (Å²) in [6.07, 6.45) is 6.68. The lowest BCUT2D eigenvalue weighted by molar-refractivity contribution is 0.0778. The summed E-state index contributed by atoms with van der Waals surface area (Å²) in [5, 5.41) is 0. The van der Waals surface area contributed by atoms with Crippen LogP contribution in [-0.2, 0) is 9.47 Å². The lowest BCUT2D eigenvalue weighted by Crippen LogP contribution is -2.17. The Bertz CT molecular complexity index is 204. The molecule has 1 unspecified atom stereocenters. The Kier molecular flexibility index (Phi) is 6.23. The monoisotopic (exact) mass is 232 g/mol. The molecule has 0 spiro atoms. The molecule has 1 atom stereocenters. The molecule has 1 saturated heterocycles. The second-order valence-electron chi connectivity index (χ2n) is 3.10. The van der Waals surface area contributed by atoms with E-state index in [1.807, 2.05) is 0 Å². The summed E-state index contributed by atoms with van der Waals surface area (Å²) in [4.78, 5) is 0. The van der Waals surface area contributed by atoms with Crippen LogP contribution < -0.4 is 0 Å². The molecular weight excluding hydrogens is 216 g/mol. The van der Waals surface area contributed by atoms with Crippen molar-refractivity contribution in [3.63, 3.8) is 0 Å². The van der Waals surface area contributed by atoms with E-state index in [1.54, 1.807) is 11.8 Å². The van der Waals surface area contributed by atoms with Crippen molar-refractivity contribution in [3.05, 3.63) is 12.2 Å². The van der Waals surface area contributed by atoms with Crippen LogP contribution in [0, 0.1) is 0 Å². The highest BCUT2D eigenvalue weighted by molar-refractivity contribution is 8.22. The van der Waals surface area contributed by atoms with E-state index in [0.717, 1.165) is 12.2 Å². The van der Waals surface area contributed by atoms with Crippen molar-refractivity contribution < 1.29 is 9.47 Å². The molecular formula is C10H16O2S2. The quantitative estimate of drug-likeness (QED) is 0.398.